The van der Waals surface area contributed by atoms with Crippen molar-refractivity contribution in [2.75, 3.05) is 11.9 Å². The summed E-state index contributed by atoms with van der Waals surface area (Å²) in [7, 11) is -0.985. The van der Waals surface area contributed by atoms with E-state index in [2.05, 4.69) is 15.9 Å². The molecule has 0 saturated heterocycles. The van der Waals surface area contributed by atoms with Gasteiger partial charge in [-0.25, -0.2) is 8.51 Å². The predicted molar refractivity (Wildman–Crippen MR) is 85.1 cm³/mol. The maximum Gasteiger partial charge on any atom is 0.128 e. The molecule has 0 amide bonds. The van der Waals surface area contributed by atoms with E-state index in [9.17, 15) is 4.21 Å². The zero-order chi connectivity index (χ0) is 13.7. The van der Waals surface area contributed by atoms with E-state index in [1.165, 1.54) is 25.7 Å². The van der Waals surface area contributed by atoms with Gasteiger partial charge in [-0.1, -0.05) is 46.8 Å². The molecule has 0 aromatic heterocycles. The molecular formula is C14H19BrClNOS. The summed E-state index contributed by atoms with van der Waals surface area (Å²) in [5.74, 6) is 0. The molecule has 106 valence electrons. The van der Waals surface area contributed by atoms with Gasteiger partial charge in [0.1, 0.15) is 11.0 Å². The Morgan fingerprint density at radius 1 is 1.21 bits per heavy atom. The minimum atomic E-state index is -0.985. The lowest BCUT2D eigenvalue weighted by atomic mass is 10.1. The van der Waals surface area contributed by atoms with Gasteiger partial charge in [0.05, 0.1) is 4.90 Å². The highest BCUT2D eigenvalue weighted by atomic mass is 79.9. The number of halogens is 2. The normalized spacial score (nSPS) is 18.7. The van der Waals surface area contributed by atoms with Gasteiger partial charge in [-0.15, -0.1) is 0 Å². The molecule has 1 heterocycles. The van der Waals surface area contributed by atoms with Crippen LogP contribution in [0.2, 0.25) is 5.02 Å². The van der Waals surface area contributed by atoms with Crippen molar-refractivity contribution in [2.45, 2.75) is 43.5 Å². The van der Waals surface area contributed by atoms with Crippen molar-refractivity contribution in [3.63, 3.8) is 0 Å². The van der Waals surface area contributed by atoms with Gasteiger partial charge in [-0.2, -0.15) is 0 Å². The van der Waals surface area contributed by atoms with Gasteiger partial charge < -0.3 is 0 Å². The molecule has 0 bridgehead atoms. The molecular weight excluding hydrogens is 346 g/mol. The van der Waals surface area contributed by atoms with Crippen molar-refractivity contribution in [3.05, 3.63) is 28.8 Å². The number of benzene rings is 1. The monoisotopic (exact) mass is 363 g/mol. The zero-order valence-corrected chi connectivity index (χ0v) is 14.1. The van der Waals surface area contributed by atoms with E-state index in [-0.39, 0.29) is 0 Å². The Morgan fingerprint density at radius 3 is 2.74 bits per heavy atom. The number of alkyl halides is 1. The smallest absolute Gasteiger partial charge is 0.128 e. The summed E-state index contributed by atoms with van der Waals surface area (Å²) in [4.78, 5) is 0.934. The standard InChI is InChI=1S/C14H19BrClNOS/c15-8-4-2-1-3-5-9-17-11-12-10-13(16)6-7-14(12)19(17)18/h6-7,10H,1-5,8-9,11H2. The highest BCUT2D eigenvalue weighted by molar-refractivity contribution is 9.09. The van der Waals surface area contributed by atoms with Crippen LogP contribution in [-0.4, -0.2) is 20.4 Å². The molecule has 1 aliphatic rings. The molecule has 0 aliphatic carbocycles. The topological polar surface area (TPSA) is 20.3 Å². The molecule has 1 unspecified atom stereocenters. The summed E-state index contributed by atoms with van der Waals surface area (Å²) in [5.41, 5.74) is 1.12. The van der Waals surface area contributed by atoms with E-state index in [4.69, 9.17) is 11.6 Å². The second kappa shape index (κ2) is 7.77. The van der Waals surface area contributed by atoms with Crippen LogP contribution in [0, 0.1) is 0 Å². The summed E-state index contributed by atoms with van der Waals surface area (Å²) in [5, 5.41) is 1.83. The van der Waals surface area contributed by atoms with Crippen molar-refractivity contribution in [1.82, 2.24) is 4.31 Å². The first kappa shape index (κ1) is 15.5. The van der Waals surface area contributed by atoms with Crippen LogP contribution in [0.15, 0.2) is 23.1 Å². The Morgan fingerprint density at radius 2 is 1.95 bits per heavy atom. The van der Waals surface area contributed by atoms with Crippen LogP contribution in [-0.2, 0) is 17.5 Å². The molecule has 0 spiro atoms. The Bertz CT molecular complexity index is 455. The highest BCUT2D eigenvalue weighted by Crippen LogP contribution is 2.29. The summed E-state index contributed by atoms with van der Waals surface area (Å²) >= 11 is 9.42. The third kappa shape index (κ3) is 4.28. The lowest BCUT2D eigenvalue weighted by molar-refractivity contribution is 0.433. The number of nitrogens with zero attached hydrogens (tertiary/aromatic N) is 1. The predicted octanol–water partition coefficient (Wildman–Crippen LogP) is 4.52. The van der Waals surface area contributed by atoms with E-state index >= 15 is 0 Å². The highest BCUT2D eigenvalue weighted by Gasteiger charge is 2.26. The fourth-order valence-electron chi connectivity index (χ4n) is 2.30. The number of rotatable bonds is 7. The number of hydrogen-bond donors (Lipinski definition) is 0. The van der Waals surface area contributed by atoms with Crippen molar-refractivity contribution in [1.29, 1.82) is 0 Å². The molecule has 1 aliphatic heterocycles. The van der Waals surface area contributed by atoms with Crippen LogP contribution in [0.25, 0.3) is 0 Å². The van der Waals surface area contributed by atoms with Gasteiger partial charge in [-0.05, 0) is 36.6 Å². The second-order valence-corrected chi connectivity index (χ2v) is 7.51. The Kier molecular flexibility index (Phi) is 6.33. The van der Waals surface area contributed by atoms with Gasteiger partial charge in [0, 0.05) is 23.4 Å². The van der Waals surface area contributed by atoms with Crippen LogP contribution < -0.4 is 0 Å². The average molecular weight is 365 g/mol. The van der Waals surface area contributed by atoms with Crippen molar-refractivity contribution >= 4 is 38.5 Å². The van der Waals surface area contributed by atoms with Crippen LogP contribution in [0.3, 0.4) is 0 Å². The summed E-state index contributed by atoms with van der Waals surface area (Å²) in [6.07, 6.45) is 6.14. The molecule has 2 nitrogen and oxygen atoms in total. The lowest BCUT2D eigenvalue weighted by Crippen LogP contribution is -2.20. The van der Waals surface area contributed by atoms with Crippen LogP contribution in [0.5, 0.6) is 0 Å². The summed E-state index contributed by atoms with van der Waals surface area (Å²) < 4.78 is 14.3. The van der Waals surface area contributed by atoms with Gasteiger partial charge in [0.2, 0.25) is 0 Å². The first-order valence-electron chi connectivity index (χ1n) is 6.73. The largest absolute Gasteiger partial charge is 0.237 e. The van der Waals surface area contributed by atoms with Gasteiger partial charge >= 0.3 is 0 Å². The van der Waals surface area contributed by atoms with Gasteiger partial charge in [0.15, 0.2) is 0 Å². The van der Waals surface area contributed by atoms with Crippen LogP contribution in [0.4, 0.5) is 0 Å². The van der Waals surface area contributed by atoms with E-state index in [1.54, 1.807) is 0 Å². The molecule has 1 atom stereocenters. The first-order valence-corrected chi connectivity index (χ1v) is 9.34. The van der Waals surface area contributed by atoms with E-state index in [0.717, 1.165) is 40.3 Å². The van der Waals surface area contributed by atoms with Crippen LogP contribution >= 0.6 is 27.5 Å². The molecule has 19 heavy (non-hydrogen) atoms. The van der Waals surface area contributed by atoms with Gasteiger partial charge in [-0.3, -0.25) is 0 Å². The van der Waals surface area contributed by atoms with Crippen LogP contribution in [0.1, 0.15) is 37.7 Å². The summed E-state index contributed by atoms with van der Waals surface area (Å²) in [6.45, 7) is 1.68. The summed E-state index contributed by atoms with van der Waals surface area (Å²) in [6, 6.07) is 5.65. The zero-order valence-electron chi connectivity index (χ0n) is 10.9. The Hall–Kier alpha value is 0.1000. The minimum Gasteiger partial charge on any atom is -0.237 e. The maximum absolute atomic E-state index is 12.3. The molecule has 2 rings (SSSR count). The van der Waals surface area contributed by atoms with Crippen molar-refractivity contribution in [2.24, 2.45) is 0 Å². The minimum absolute atomic E-state index is 0.729. The Labute approximate surface area is 131 Å². The van der Waals surface area contributed by atoms with Crippen molar-refractivity contribution < 1.29 is 4.21 Å². The third-order valence-electron chi connectivity index (χ3n) is 3.33. The molecule has 0 radical (unpaired) electrons. The maximum atomic E-state index is 12.3. The second-order valence-electron chi connectivity index (χ2n) is 4.82. The third-order valence-corrected chi connectivity index (χ3v) is 5.68. The quantitative estimate of drug-likeness (QED) is 0.514. The SMILES string of the molecule is O=S1c2ccc(Cl)cc2CN1CCCCCCCBr. The van der Waals surface area contributed by atoms with E-state index < -0.39 is 11.0 Å². The molecule has 0 fully saturated rings. The molecule has 1 aromatic carbocycles. The van der Waals surface area contributed by atoms with E-state index in [1.807, 2.05) is 22.5 Å². The van der Waals surface area contributed by atoms with Crippen molar-refractivity contribution in [3.8, 4) is 0 Å². The number of unbranched alkanes of at least 4 members (excludes halogenated alkanes) is 4. The molecule has 1 aromatic rings. The van der Waals surface area contributed by atoms with Gasteiger partial charge in [0.25, 0.3) is 0 Å². The molecule has 0 saturated carbocycles. The Balaban J connectivity index is 1.77. The molecule has 5 heteroatoms. The number of hydrogen-bond acceptors (Lipinski definition) is 1. The number of fused-ring (bicyclic) bond motifs is 1. The van der Waals surface area contributed by atoms with E-state index in [0.29, 0.717) is 0 Å². The fraction of sp³-hybridized carbons (Fsp3) is 0.571. The first-order chi connectivity index (χ1) is 9.22. The lowest BCUT2D eigenvalue weighted by Gasteiger charge is -2.12. The fourth-order valence-corrected chi connectivity index (χ4v) is 4.26. The average Bonchev–Trinajstić information content (AvgIpc) is 2.70. The molecule has 0 N–H and O–H groups in total.